The van der Waals surface area contributed by atoms with Crippen LogP contribution in [0.15, 0.2) is 24.5 Å². The van der Waals surface area contributed by atoms with Crippen molar-refractivity contribution >= 4 is 34.4 Å². The van der Waals surface area contributed by atoms with Crippen LogP contribution >= 0.6 is 11.6 Å². The van der Waals surface area contributed by atoms with E-state index < -0.39 is 0 Å². The predicted octanol–water partition coefficient (Wildman–Crippen LogP) is 5.46. The Morgan fingerprint density at radius 2 is 1.70 bits per heavy atom. The molecule has 2 aliphatic carbocycles. The molecule has 2 aliphatic rings. The molecular weight excluding hydrogens is 360 g/mol. The molecule has 0 atom stereocenters. The molecule has 1 heterocycles. The highest BCUT2D eigenvalue weighted by Gasteiger charge is 2.30. The fourth-order valence-corrected chi connectivity index (χ4v) is 4.64. The number of halogens is 1. The minimum Gasteiger partial charge on any atom is -0.335 e. The summed E-state index contributed by atoms with van der Waals surface area (Å²) in [5.74, 6) is 0.683. The first-order valence-electron chi connectivity index (χ1n) is 10.2. The average Bonchev–Trinajstić information content (AvgIpc) is 2.70. The molecule has 5 nitrogen and oxygen atoms in total. The summed E-state index contributed by atoms with van der Waals surface area (Å²) in [6, 6.07) is 6.02. The van der Waals surface area contributed by atoms with Crippen molar-refractivity contribution in [3.8, 4) is 0 Å². The van der Waals surface area contributed by atoms with Crippen LogP contribution in [0.25, 0.3) is 10.9 Å². The van der Waals surface area contributed by atoms with Gasteiger partial charge in [0, 0.05) is 22.5 Å². The van der Waals surface area contributed by atoms with E-state index in [0.29, 0.717) is 10.8 Å². The number of carbonyl (C=O) groups excluding carboxylic acids is 1. The Morgan fingerprint density at radius 3 is 2.44 bits per heavy atom. The van der Waals surface area contributed by atoms with Crippen LogP contribution < -0.4 is 10.2 Å². The van der Waals surface area contributed by atoms with Gasteiger partial charge >= 0.3 is 6.03 Å². The summed E-state index contributed by atoms with van der Waals surface area (Å²) in [5, 5.41) is 4.76. The van der Waals surface area contributed by atoms with Gasteiger partial charge in [0.05, 0.1) is 5.52 Å². The lowest BCUT2D eigenvalue weighted by Crippen LogP contribution is -2.51. The molecule has 0 radical (unpaired) electrons. The van der Waals surface area contributed by atoms with Crippen LogP contribution in [0.1, 0.15) is 64.2 Å². The van der Waals surface area contributed by atoms with E-state index in [-0.39, 0.29) is 18.1 Å². The monoisotopic (exact) mass is 386 g/mol. The minimum absolute atomic E-state index is 0.0197. The molecule has 2 aromatic rings. The van der Waals surface area contributed by atoms with Gasteiger partial charge in [-0.05, 0) is 43.9 Å². The van der Waals surface area contributed by atoms with Gasteiger partial charge in [-0.25, -0.2) is 14.8 Å². The van der Waals surface area contributed by atoms with Crippen LogP contribution in [0.3, 0.4) is 0 Å². The first-order chi connectivity index (χ1) is 13.2. The summed E-state index contributed by atoms with van der Waals surface area (Å²) < 4.78 is 0. The number of anilines is 1. The largest absolute Gasteiger partial charge is 0.335 e. The number of fused-ring (bicyclic) bond motifs is 1. The minimum atomic E-state index is -0.0197. The standard InChI is InChI=1S/C21H27ClN4O/c22-15-11-12-19-18(13-15)20(24-14-23-19)26(17-9-5-2-6-10-17)21(27)25-16-7-3-1-4-8-16/h11-14,16-17H,1-10H2,(H,25,27). The summed E-state index contributed by atoms with van der Waals surface area (Å²) in [7, 11) is 0. The van der Waals surface area contributed by atoms with Gasteiger partial charge < -0.3 is 5.32 Å². The maximum atomic E-state index is 13.4. The second kappa shape index (κ2) is 8.42. The quantitative estimate of drug-likeness (QED) is 0.761. The fraction of sp³-hybridized carbons (Fsp3) is 0.571. The summed E-state index contributed by atoms with van der Waals surface area (Å²) in [6.45, 7) is 0. The van der Waals surface area contributed by atoms with E-state index in [0.717, 1.165) is 49.4 Å². The van der Waals surface area contributed by atoms with Gasteiger partial charge in [0.2, 0.25) is 0 Å². The fourth-order valence-electron chi connectivity index (χ4n) is 4.47. The SMILES string of the molecule is O=C(NC1CCCCC1)N(c1ncnc2ccc(Cl)cc12)C1CCCCC1. The van der Waals surface area contributed by atoms with Gasteiger partial charge in [0.25, 0.3) is 0 Å². The second-order valence-corrected chi connectivity index (χ2v) is 8.24. The van der Waals surface area contributed by atoms with Gasteiger partial charge in [0.1, 0.15) is 12.1 Å². The zero-order valence-electron chi connectivity index (χ0n) is 15.7. The van der Waals surface area contributed by atoms with Crippen LogP contribution in [0.4, 0.5) is 10.6 Å². The molecule has 1 aromatic carbocycles. The van der Waals surface area contributed by atoms with Gasteiger partial charge in [-0.2, -0.15) is 0 Å². The number of carbonyl (C=O) groups is 1. The zero-order valence-corrected chi connectivity index (χ0v) is 16.4. The van der Waals surface area contributed by atoms with Gasteiger partial charge in [-0.15, -0.1) is 0 Å². The van der Waals surface area contributed by atoms with Crippen molar-refractivity contribution in [3.05, 3.63) is 29.5 Å². The van der Waals surface area contributed by atoms with Crippen molar-refractivity contribution in [1.82, 2.24) is 15.3 Å². The molecule has 0 unspecified atom stereocenters. The zero-order chi connectivity index (χ0) is 18.6. The van der Waals surface area contributed by atoms with Crippen molar-refractivity contribution in [2.45, 2.75) is 76.3 Å². The first kappa shape index (κ1) is 18.5. The molecule has 1 aromatic heterocycles. The molecule has 1 N–H and O–H groups in total. The number of urea groups is 1. The number of hydrogen-bond acceptors (Lipinski definition) is 3. The summed E-state index contributed by atoms with van der Waals surface area (Å²) in [4.78, 5) is 24.1. The normalized spacial score (nSPS) is 19.1. The highest BCUT2D eigenvalue weighted by atomic mass is 35.5. The number of rotatable bonds is 3. The van der Waals surface area contributed by atoms with Gasteiger partial charge in [-0.3, -0.25) is 4.90 Å². The second-order valence-electron chi connectivity index (χ2n) is 7.81. The summed E-state index contributed by atoms with van der Waals surface area (Å²) in [5.41, 5.74) is 0.815. The third-order valence-electron chi connectivity index (χ3n) is 5.90. The Hall–Kier alpha value is -1.88. The number of benzene rings is 1. The van der Waals surface area contributed by atoms with Crippen molar-refractivity contribution in [3.63, 3.8) is 0 Å². The van der Waals surface area contributed by atoms with Crippen molar-refractivity contribution in [2.75, 3.05) is 4.90 Å². The number of nitrogens with zero attached hydrogens (tertiary/aromatic N) is 3. The Kier molecular flexibility index (Phi) is 5.77. The van der Waals surface area contributed by atoms with Crippen LogP contribution in [0.5, 0.6) is 0 Å². The van der Waals surface area contributed by atoms with E-state index in [1.807, 2.05) is 23.1 Å². The third-order valence-corrected chi connectivity index (χ3v) is 6.13. The molecule has 2 amide bonds. The van der Waals surface area contributed by atoms with E-state index in [4.69, 9.17) is 11.6 Å². The van der Waals surface area contributed by atoms with Crippen molar-refractivity contribution in [2.24, 2.45) is 0 Å². The molecule has 0 aliphatic heterocycles. The Morgan fingerprint density at radius 1 is 1.00 bits per heavy atom. The smallest absolute Gasteiger partial charge is 0.323 e. The Labute approximate surface area is 165 Å². The topological polar surface area (TPSA) is 58.1 Å². The molecule has 2 saturated carbocycles. The number of hydrogen-bond donors (Lipinski definition) is 1. The predicted molar refractivity (Wildman–Crippen MR) is 109 cm³/mol. The Balaban J connectivity index is 1.69. The number of aromatic nitrogens is 2. The molecule has 6 heteroatoms. The van der Waals surface area contributed by atoms with E-state index in [1.54, 1.807) is 6.33 Å². The molecule has 0 bridgehead atoms. The first-order valence-corrected chi connectivity index (χ1v) is 10.6. The summed E-state index contributed by atoms with van der Waals surface area (Å²) >= 11 is 6.24. The molecular formula is C21H27ClN4O. The lowest BCUT2D eigenvalue weighted by molar-refractivity contribution is 0.233. The molecule has 4 rings (SSSR count). The highest BCUT2D eigenvalue weighted by Crippen LogP contribution is 2.32. The maximum absolute atomic E-state index is 13.4. The van der Waals surface area contributed by atoms with Crippen LogP contribution in [0.2, 0.25) is 5.02 Å². The third kappa shape index (κ3) is 4.18. The maximum Gasteiger partial charge on any atom is 0.323 e. The Bertz CT molecular complexity index is 800. The molecule has 0 saturated heterocycles. The highest BCUT2D eigenvalue weighted by molar-refractivity contribution is 6.31. The van der Waals surface area contributed by atoms with E-state index in [1.165, 1.54) is 25.7 Å². The number of nitrogens with one attached hydrogen (secondary N) is 1. The van der Waals surface area contributed by atoms with Crippen molar-refractivity contribution < 1.29 is 4.79 Å². The molecule has 27 heavy (non-hydrogen) atoms. The number of amides is 2. The van der Waals surface area contributed by atoms with Gasteiger partial charge in [0.15, 0.2) is 0 Å². The molecule has 0 spiro atoms. The summed E-state index contributed by atoms with van der Waals surface area (Å²) in [6.07, 6.45) is 12.9. The van der Waals surface area contributed by atoms with Crippen LogP contribution in [0, 0.1) is 0 Å². The lowest BCUT2D eigenvalue weighted by Gasteiger charge is -2.35. The molecule has 144 valence electrons. The van der Waals surface area contributed by atoms with Crippen molar-refractivity contribution in [1.29, 1.82) is 0 Å². The van der Waals surface area contributed by atoms with Crippen LogP contribution in [-0.2, 0) is 0 Å². The van der Waals surface area contributed by atoms with Gasteiger partial charge in [-0.1, -0.05) is 50.1 Å². The van der Waals surface area contributed by atoms with Crippen LogP contribution in [-0.4, -0.2) is 28.1 Å². The van der Waals surface area contributed by atoms with E-state index in [9.17, 15) is 4.79 Å². The average molecular weight is 387 g/mol. The molecule has 2 fully saturated rings. The lowest BCUT2D eigenvalue weighted by atomic mass is 9.93. The van der Waals surface area contributed by atoms with E-state index in [2.05, 4.69) is 15.3 Å². The van der Waals surface area contributed by atoms with E-state index >= 15 is 0 Å².